The summed E-state index contributed by atoms with van der Waals surface area (Å²) in [5.41, 5.74) is -0.494. The summed E-state index contributed by atoms with van der Waals surface area (Å²) in [5, 5.41) is 9.66. The van der Waals surface area contributed by atoms with Crippen molar-refractivity contribution in [3.05, 3.63) is 35.0 Å². The number of ether oxygens (including phenoxy) is 1. The summed E-state index contributed by atoms with van der Waals surface area (Å²) >= 11 is 0. The quantitative estimate of drug-likeness (QED) is 0.903. The molecule has 1 aromatic heterocycles. The van der Waals surface area contributed by atoms with Crippen LogP contribution < -0.4 is 0 Å². The molecule has 1 heterocycles. The highest BCUT2D eigenvalue weighted by molar-refractivity contribution is 6.28. The number of aromatic carboxylic acids is 1. The molecule has 0 saturated heterocycles. The van der Waals surface area contributed by atoms with E-state index in [1.807, 2.05) is 13.8 Å². The molecule has 0 amide bonds. The molecule has 4 rings (SSSR count). The van der Waals surface area contributed by atoms with Crippen molar-refractivity contribution < 1.29 is 24.2 Å². The van der Waals surface area contributed by atoms with Crippen molar-refractivity contribution in [2.75, 3.05) is 6.61 Å². The Morgan fingerprint density at radius 2 is 2.04 bits per heavy atom. The molecule has 0 bridgehead atoms. The number of fused-ring (bicyclic) bond motifs is 4. The smallest absolute Gasteiger partial charge is 0.335 e. The maximum absolute atomic E-state index is 13.1. The predicted molar refractivity (Wildman–Crippen MR) is 85.5 cm³/mol. The number of hydrogen-bond acceptors (Lipinski definition) is 4. The van der Waals surface area contributed by atoms with Gasteiger partial charge in [0.25, 0.3) is 0 Å². The molecule has 2 aliphatic carbocycles. The van der Waals surface area contributed by atoms with Crippen LogP contribution in [0.1, 0.15) is 52.0 Å². The molecule has 24 heavy (non-hydrogen) atoms. The molecule has 2 atom stereocenters. The van der Waals surface area contributed by atoms with Gasteiger partial charge in [-0.25, -0.2) is 4.79 Å². The zero-order valence-corrected chi connectivity index (χ0v) is 13.6. The molecule has 0 radical (unpaired) electrons. The number of aromatic amines is 1. The van der Waals surface area contributed by atoms with Crippen molar-refractivity contribution in [2.45, 2.75) is 26.4 Å². The topological polar surface area (TPSA) is 96.5 Å². The lowest BCUT2D eigenvalue weighted by atomic mass is 9.90. The van der Waals surface area contributed by atoms with Crippen molar-refractivity contribution in [3.8, 4) is 0 Å². The van der Waals surface area contributed by atoms with Crippen molar-refractivity contribution in [3.63, 3.8) is 0 Å². The van der Waals surface area contributed by atoms with E-state index in [1.165, 1.54) is 12.1 Å². The summed E-state index contributed by atoms with van der Waals surface area (Å²) < 4.78 is 5.77. The Kier molecular flexibility index (Phi) is 2.72. The minimum atomic E-state index is -1.11. The summed E-state index contributed by atoms with van der Waals surface area (Å²) in [6.45, 7) is 5.87. The zero-order chi connectivity index (χ0) is 17.4. The minimum absolute atomic E-state index is 0.0845. The molecular weight excluding hydrogens is 310 g/mol. The first-order valence-electron chi connectivity index (χ1n) is 7.89. The molecule has 124 valence electrons. The van der Waals surface area contributed by atoms with E-state index in [0.717, 1.165) is 0 Å². The van der Waals surface area contributed by atoms with Crippen LogP contribution in [0.2, 0.25) is 0 Å². The van der Waals surface area contributed by atoms with Crippen LogP contribution in [-0.4, -0.2) is 39.8 Å². The fourth-order valence-corrected chi connectivity index (χ4v) is 4.30. The molecule has 2 unspecified atom stereocenters. The Bertz CT molecular complexity index is 938. The van der Waals surface area contributed by atoms with Crippen molar-refractivity contribution in [2.24, 2.45) is 11.3 Å². The van der Waals surface area contributed by atoms with Crippen molar-refractivity contribution in [1.82, 2.24) is 4.98 Å². The van der Waals surface area contributed by atoms with Gasteiger partial charge in [-0.3, -0.25) is 9.59 Å². The lowest BCUT2D eigenvalue weighted by Gasteiger charge is -2.21. The van der Waals surface area contributed by atoms with Gasteiger partial charge in [-0.05, 0) is 25.1 Å². The van der Waals surface area contributed by atoms with Crippen molar-refractivity contribution >= 4 is 28.4 Å². The standard InChI is InChI=1S/C18H17NO5/c1-4-24-18-14(17(18,2)3)13(20)11-9-7-8(16(22)23)5-6-10(9)19-12(11)15(18)21/h5-7,14,19H,4H2,1-3H3,(H,22,23). The number of benzene rings is 1. The number of H-pyrrole nitrogens is 1. The van der Waals surface area contributed by atoms with E-state index in [1.54, 1.807) is 13.0 Å². The van der Waals surface area contributed by atoms with Crippen LogP contribution in [0.25, 0.3) is 10.9 Å². The van der Waals surface area contributed by atoms with E-state index in [9.17, 15) is 19.5 Å². The average Bonchev–Trinajstić information content (AvgIpc) is 2.86. The Morgan fingerprint density at radius 1 is 1.33 bits per heavy atom. The minimum Gasteiger partial charge on any atom is -0.478 e. The maximum Gasteiger partial charge on any atom is 0.335 e. The largest absolute Gasteiger partial charge is 0.478 e. The second-order valence-electron chi connectivity index (χ2n) is 6.96. The van der Waals surface area contributed by atoms with Crippen LogP contribution in [0.15, 0.2) is 18.2 Å². The van der Waals surface area contributed by atoms with Gasteiger partial charge in [0.1, 0.15) is 5.60 Å². The molecule has 2 N–H and O–H groups in total. The summed E-state index contributed by atoms with van der Waals surface area (Å²) in [6.07, 6.45) is 0. The fourth-order valence-electron chi connectivity index (χ4n) is 4.30. The first kappa shape index (κ1) is 15.1. The summed E-state index contributed by atoms with van der Waals surface area (Å²) in [6, 6.07) is 4.48. The zero-order valence-electron chi connectivity index (χ0n) is 13.6. The van der Waals surface area contributed by atoms with Crippen LogP contribution in [0.5, 0.6) is 0 Å². The normalized spacial score (nSPS) is 27.0. The first-order chi connectivity index (χ1) is 11.3. The SMILES string of the molecule is CCOC12C(=O)c3[nH]c4ccc(C(=O)O)cc4c3C(=O)C1C2(C)C. The predicted octanol–water partition coefficient (Wildman–Crippen LogP) is 2.68. The van der Waals surface area contributed by atoms with E-state index < -0.39 is 22.9 Å². The molecule has 1 saturated carbocycles. The summed E-state index contributed by atoms with van der Waals surface area (Å²) in [5.74, 6) is -1.98. The highest BCUT2D eigenvalue weighted by atomic mass is 16.5. The van der Waals surface area contributed by atoms with Crippen LogP contribution in [0.3, 0.4) is 0 Å². The third kappa shape index (κ3) is 1.47. The number of nitrogens with one attached hydrogen (secondary N) is 1. The Morgan fingerprint density at radius 3 is 2.67 bits per heavy atom. The van der Waals surface area contributed by atoms with Crippen LogP contribution in [0.4, 0.5) is 0 Å². The van der Waals surface area contributed by atoms with Gasteiger partial charge in [-0.2, -0.15) is 0 Å². The van der Waals surface area contributed by atoms with Gasteiger partial charge >= 0.3 is 5.97 Å². The van der Waals surface area contributed by atoms with E-state index in [4.69, 9.17) is 4.74 Å². The van der Waals surface area contributed by atoms with Crippen LogP contribution in [-0.2, 0) is 4.74 Å². The molecule has 2 aromatic rings. The number of aromatic nitrogens is 1. The number of hydrogen-bond donors (Lipinski definition) is 2. The third-order valence-corrected chi connectivity index (χ3v) is 5.49. The van der Waals surface area contributed by atoms with Gasteiger partial charge in [0.05, 0.1) is 22.7 Å². The first-order valence-corrected chi connectivity index (χ1v) is 7.89. The molecule has 1 aromatic carbocycles. The average molecular weight is 327 g/mol. The summed E-state index contributed by atoms with van der Waals surface area (Å²) in [7, 11) is 0. The van der Waals surface area contributed by atoms with Gasteiger partial charge < -0.3 is 14.8 Å². The molecular formula is C18H17NO5. The highest BCUT2D eigenvalue weighted by Gasteiger charge is 2.81. The molecule has 0 spiro atoms. The Labute approximate surface area is 137 Å². The fraction of sp³-hybridized carbons (Fsp3) is 0.389. The second-order valence-corrected chi connectivity index (χ2v) is 6.96. The number of carbonyl (C=O) groups is 3. The molecule has 6 heteroatoms. The van der Waals surface area contributed by atoms with Crippen molar-refractivity contribution in [1.29, 1.82) is 0 Å². The van der Waals surface area contributed by atoms with Gasteiger partial charge in [0.2, 0.25) is 5.78 Å². The lowest BCUT2D eigenvalue weighted by molar-refractivity contribution is 0.0117. The number of Topliss-reactive ketones (excluding diaryl/α,β-unsaturated/α-hetero) is 2. The molecule has 6 nitrogen and oxygen atoms in total. The number of carboxylic acid groups (broad SMARTS) is 1. The Hall–Kier alpha value is -2.47. The summed E-state index contributed by atoms with van der Waals surface area (Å²) in [4.78, 5) is 40.4. The highest BCUT2D eigenvalue weighted by Crippen LogP contribution is 2.68. The van der Waals surface area contributed by atoms with E-state index in [2.05, 4.69) is 4.98 Å². The number of carbonyl (C=O) groups excluding carboxylic acids is 2. The molecule has 0 aliphatic heterocycles. The van der Waals surface area contributed by atoms with Crippen LogP contribution >= 0.6 is 0 Å². The van der Waals surface area contributed by atoms with Gasteiger partial charge in [-0.15, -0.1) is 0 Å². The van der Waals surface area contributed by atoms with Crippen LogP contribution in [0, 0.1) is 11.3 Å². The molecule has 2 aliphatic rings. The monoisotopic (exact) mass is 327 g/mol. The molecule has 1 fully saturated rings. The van der Waals surface area contributed by atoms with E-state index in [0.29, 0.717) is 23.1 Å². The van der Waals surface area contributed by atoms with Gasteiger partial charge in [0, 0.05) is 22.9 Å². The lowest BCUT2D eigenvalue weighted by Crippen LogP contribution is -2.38. The number of ketones is 2. The second kappa shape index (κ2) is 4.33. The van der Waals surface area contributed by atoms with E-state index in [-0.39, 0.29) is 22.8 Å². The maximum atomic E-state index is 13.1. The van der Waals surface area contributed by atoms with Gasteiger partial charge in [0.15, 0.2) is 5.78 Å². The number of rotatable bonds is 3. The van der Waals surface area contributed by atoms with Gasteiger partial charge in [-0.1, -0.05) is 13.8 Å². The third-order valence-electron chi connectivity index (χ3n) is 5.49. The number of carboxylic acids is 1. The van der Waals surface area contributed by atoms with E-state index >= 15 is 0 Å². The Balaban J connectivity index is 1.97.